The molecule has 2 aromatic carbocycles. The molecular formula is C18H14BrN3O2. The first-order valence-electron chi connectivity index (χ1n) is 7.05. The molecule has 0 bridgehead atoms. The first-order valence-corrected chi connectivity index (χ1v) is 7.84. The fourth-order valence-corrected chi connectivity index (χ4v) is 2.14. The lowest BCUT2D eigenvalue weighted by atomic mass is 10.2. The van der Waals surface area contributed by atoms with E-state index in [0.717, 1.165) is 5.56 Å². The molecule has 120 valence electrons. The van der Waals surface area contributed by atoms with E-state index in [1.54, 1.807) is 24.3 Å². The van der Waals surface area contributed by atoms with Gasteiger partial charge in [0.2, 0.25) is 0 Å². The van der Waals surface area contributed by atoms with Crippen LogP contribution in [0.2, 0.25) is 0 Å². The summed E-state index contributed by atoms with van der Waals surface area (Å²) in [5.41, 5.74) is 3.75. The summed E-state index contributed by atoms with van der Waals surface area (Å²) < 4.78 is 6.02. The van der Waals surface area contributed by atoms with Crippen LogP contribution in [0.1, 0.15) is 11.1 Å². The normalized spacial score (nSPS) is 11.1. The molecule has 6 heteroatoms. The van der Waals surface area contributed by atoms with Gasteiger partial charge in [-0.2, -0.15) is 10.4 Å². The predicted octanol–water partition coefficient (Wildman–Crippen LogP) is 3.48. The average molecular weight is 384 g/mol. The largest absolute Gasteiger partial charge is 0.482 e. The topological polar surface area (TPSA) is 74.5 Å². The van der Waals surface area contributed by atoms with E-state index < -0.39 is 5.91 Å². The van der Waals surface area contributed by atoms with Gasteiger partial charge in [-0.1, -0.05) is 42.5 Å². The highest BCUT2D eigenvalue weighted by Crippen LogP contribution is 2.16. The highest BCUT2D eigenvalue weighted by molar-refractivity contribution is 9.12. The van der Waals surface area contributed by atoms with Crippen LogP contribution < -0.4 is 10.2 Å². The summed E-state index contributed by atoms with van der Waals surface area (Å²) in [7, 11) is 0. The van der Waals surface area contributed by atoms with Crippen molar-refractivity contribution in [2.24, 2.45) is 5.10 Å². The second kappa shape index (κ2) is 9.28. The summed E-state index contributed by atoms with van der Waals surface area (Å²) in [6, 6.07) is 18.4. The molecule has 0 saturated carbocycles. The van der Waals surface area contributed by atoms with Gasteiger partial charge in [0.05, 0.1) is 11.8 Å². The molecule has 0 fully saturated rings. The third-order valence-corrected chi connectivity index (χ3v) is 3.28. The quantitative estimate of drug-likeness (QED) is 0.612. The van der Waals surface area contributed by atoms with E-state index >= 15 is 0 Å². The van der Waals surface area contributed by atoms with Crippen LogP contribution >= 0.6 is 15.9 Å². The number of carbonyl (C=O) groups is 1. The lowest BCUT2D eigenvalue weighted by molar-refractivity contribution is -0.123. The third kappa shape index (κ3) is 5.71. The minimum Gasteiger partial charge on any atom is -0.482 e. The van der Waals surface area contributed by atoms with Crippen molar-refractivity contribution >= 4 is 34.1 Å². The smallest absolute Gasteiger partial charge is 0.277 e. The zero-order valence-corrected chi connectivity index (χ0v) is 14.2. The van der Waals surface area contributed by atoms with Crippen molar-refractivity contribution in [1.29, 1.82) is 5.26 Å². The first-order chi connectivity index (χ1) is 11.7. The molecule has 0 atom stereocenters. The molecule has 0 radical (unpaired) electrons. The van der Waals surface area contributed by atoms with Gasteiger partial charge in [0.25, 0.3) is 5.91 Å². The van der Waals surface area contributed by atoms with Crippen molar-refractivity contribution in [1.82, 2.24) is 5.43 Å². The summed E-state index contributed by atoms with van der Waals surface area (Å²) >= 11 is 3.35. The predicted molar refractivity (Wildman–Crippen MR) is 96.6 cm³/mol. The zero-order valence-electron chi connectivity index (χ0n) is 12.6. The number of benzene rings is 2. The number of para-hydroxylation sites is 1. The van der Waals surface area contributed by atoms with Crippen molar-refractivity contribution in [2.45, 2.75) is 0 Å². The molecule has 0 aliphatic heterocycles. The highest BCUT2D eigenvalue weighted by atomic mass is 79.9. The molecule has 24 heavy (non-hydrogen) atoms. The number of amides is 1. The number of hydrogen-bond donors (Lipinski definition) is 1. The Hall–Kier alpha value is -2.91. The Morgan fingerprint density at radius 2 is 1.92 bits per heavy atom. The van der Waals surface area contributed by atoms with Gasteiger partial charge in [-0.15, -0.1) is 0 Å². The van der Waals surface area contributed by atoms with E-state index in [4.69, 9.17) is 10.00 Å². The van der Waals surface area contributed by atoms with Crippen LogP contribution in [0, 0.1) is 11.3 Å². The van der Waals surface area contributed by atoms with E-state index in [9.17, 15) is 4.79 Å². The molecule has 2 aromatic rings. The van der Waals surface area contributed by atoms with E-state index in [0.29, 0.717) is 15.8 Å². The van der Waals surface area contributed by atoms with Crippen molar-refractivity contribution in [3.05, 3.63) is 70.2 Å². The highest BCUT2D eigenvalue weighted by Gasteiger charge is 2.05. The molecular weight excluding hydrogens is 370 g/mol. The zero-order chi connectivity index (χ0) is 17.2. The van der Waals surface area contributed by atoms with Crippen molar-refractivity contribution in [3.8, 4) is 11.8 Å². The standard InChI is InChI=1S/C18H14BrN3O2/c19-16(10-14-6-2-1-3-7-14)12-21-22-18(23)13-24-17-9-5-4-8-15(17)11-20/h1-10,12H,13H2,(H,22,23)/b16-10+,21-12+. The molecule has 0 aromatic heterocycles. The fraction of sp³-hybridized carbons (Fsp3) is 0.0556. The van der Waals surface area contributed by atoms with Crippen LogP contribution in [0.15, 0.2) is 64.2 Å². The van der Waals surface area contributed by atoms with Gasteiger partial charge in [-0.3, -0.25) is 4.79 Å². The molecule has 0 heterocycles. The Morgan fingerprint density at radius 3 is 2.67 bits per heavy atom. The third-order valence-electron chi connectivity index (χ3n) is 2.85. The summed E-state index contributed by atoms with van der Waals surface area (Å²) in [5.74, 6) is -0.0525. The maximum Gasteiger partial charge on any atom is 0.277 e. The van der Waals surface area contributed by atoms with Crippen molar-refractivity contribution in [3.63, 3.8) is 0 Å². The average Bonchev–Trinajstić information content (AvgIpc) is 2.61. The number of halogens is 1. The van der Waals surface area contributed by atoms with Gasteiger partial charge in [0, 0.05) is 4.48 Å². The van der Waals surface area contributed by atoms with Gasteiger partial charge in [0.1, 0.15) is 11.8 Å². The Balaban J connectivity index is 1.83. The molecule has 1 N–H and O–H groups in total. The van der Waals surface area contributed by atoms with E-state index in [2.05, 4.69) is 26.5 Å². The Morgan fingerprint density at radius 1 is 1.21 bits per heavy atom. The number of rotatable bonds is 6. The van der Waals surface area contributed by atoms with Gasteiger partial charge in [0.15, 0.2) is 6.61 Å². The molecule has 2 rings (SSSR count). The van der Waals surface area contributed by atoms with Gasteiger partial charge in [-0.25, -0.2) is 5.43 Å². The molecule has 1 amide bonds. The number of nitrogens with zero attached hydrogens (tertiary/aromatic N) is 2. The Bertz CT molecular complexity index is 795. The lowest BCUT2D eigenvalue weighted by Gasteiger charge is -2.06. The number of hydrazone groups is 1. The summed E-state index contributed by atoms with van der Waals surface area (Å²) in [4.78, 5) is 11.7. The molecule has 0 unspecified atom stereocenters. The SMILES string of the molecule is N#Cc1ccccc1OCC(=O)N/N=C/C(Br)=C\c1ccccc1. The molecule has 5 nitrogen and oxygen atoms in total. The molecule has 0 spiro atoms. The van der Waals surface area contributed by atoms with Crippen molar-refractivity contribution < 1.29 is 9.53 Å². The van der Waals surface area contributed by atoms with Crippen LogP contribution in [-0.4, -0.2) is 18.7 Å². The van der Waals surface area contributed by atoms with Crippen LogP contribution in [0.5, 0.6) is 5.75 Å². The van der Waals surface area contributed by atoms with Crippen molar-refractivity contribution in [2.75, 3.05) is 6.61 Å². The second-order valence-corrected chi connectivity index (χ2v) is 5.55. The van der Waals surface area contributed by atoms with Gasteiger partial charge < -0.3 is 4.74 Å². The van der Waals surface area contributed by atoms with E-state index in [1.165, 1.54) is 6.21 Å². The van der Waals surface area contributed by atoms with Crippen LogP contribution in [0.4, 0.5) is 0 Å². The summed E-state index contributed by atoms with van der Waals surface area (Å²) in [5, 5.41) is 12.8. The number of carbonyl (C=O) groups excluding carboxylic acids is 1. The molecule has 0 aliphatic carbocycles. The minimum atomic E-state index is -0.418. The van der Waals surface area contributed by atoms with Crippen LogP contribution in [-0.2, 0) is 4.79 Å². The van der Waals surface area contributed by atoms with Gasteiger partial charge >= 0.3 is 0 Å². The molecule has 0 aliphatic rings. The number of allylic oxidation sites excluding steroid dienone is 1. The monoisotopic (exact) mass is 383 g/mol. The number of nitriles is 1. The van der Waals surface area contributed by atoms with E-state index in [1.807, 2.05) is 42.5 Å². The minimum absolute atomic E-state index is 0.226. The lowest BCUT2D eigenvalue weighted by Crippen LogP contribution is -2.24. The number of ether oxygens (including phenoxy) is 1. The van der Waals surface area contributed by atoms with Crippen LogP contribution in [0.25, 0.3) is 6.08 Å². The maximum atomic E-state index is 11.7. The Labute approximate surface area is 148 Å². The second-order valence-electron chi connectivity index (χ2n) is 4.63. The fourth-order valence-electron chi connectivity index (χ4n) is 1.77. The molecule has 0 saturated heterocycles. The van der Waals surface area contributed by atoms with Crippen LogP contribution in [0.3, 0.4) is 0 Å². The summed E-state index contributed by atoms with van der Waals surface area (Å²) in [6.07, 6.45) is 3.35. The van der Waals surface area contributed by atoms with Gasteiger partial charge in [-0.05, 0) is 39.7 Å². The van der Waals surface area contributed by atoms with E-state index in [-0.39, 0.29) is 6.61 Å². The first kappa shape index (κ1) is 17.4. The summed E-state index contributed by atoms with van der Waals surface area (Å²) in [6.45, 7) is -0.226. The maximum absolute atomic E-state index is 11.7. The number of nitrogens with one attached hydrogen (secondary N) is 1. The Kier molecular flexibility index (Phi) is 6.74. The number of hydrogen-bond acceptors (Lipinski definition) is 4.